The molecule has 0 aromatic heterocycles. The van der Waals surface area contributed by atoms with Crippen molar-refractivity contribution in [3.63, 3.8) is 0 Å². The van der Waals surface area contributed by atoms with Gasteiger partial charge in [-0.05, 0) is 44.9 Å². The fourth-order valence-electron chi connectivity index (χ4n) is 4.50. The van der Waals surface area contributed by atoms with Crippen LogP contribution in [0.5, 0.6) is 0 Å². The molecule has 2 rings (SSSR count). The molecule has 2 saturated carbocycles. The van der Waals surface area contributed by atoms with Crippen molar-refractivity contribution in [2.24, 2.45) is 11.8 Å². The SMILES string of the molecule is CCC1(OC(=O)C2CCCCC2C(=O)OC(CS(=O)(=O)[O-])(C(F)(F)F)C(F)(F)F)CCCC1. The van der Waals surface area contributed by atoms with Gasteiger partial charge in [0.05, 0.1) is 27.7 Å². The number of hydrogen-bond donors (Lipinski definition) is 0. The third-order valence-corrected chi connectivity index (χ3v) is 7.18. The molecule has 0 bridgehead atoms. The molecule has 2 unspecified atom stereocenters. The van der Waals surface area contributed by atoms with Gasteiger partial charge in [0.15, 0.2) is 0 Å². The van der Waals surface area contributed by atoms with Crippen LogP contribution in [0.1, 0.15) is 64.7 Å². The molecule has 0 aromatic carbocycles. The summed E-state index contributed by atoms with van der Waals surface area (Å²) in [6, 6.07) is 0. The minimum atomic E-state index is -6.46. The van der Waals surface area contributed by atoms with Crippen LogP contribution >= 0.6 is 0 Å². The van der Waals surface area contributed by atoms with Gasteiger partial charge in [0.2, 0.25) is 0 Å². The molecule has 0 radical (unpaired) electrons. The Balaban J connectivity index is 2.35. The van der Waals surface area contributed by atoms with Crippen molar-refractivity contribution < 1.29 is 58.4 Å². The minimum absolute atomic E-state index is 0.0245. The fourth-order valence-corrected chi connectivity index (χ4v) is 5.38. The zero-order chi connectivity index (χ0) is 25.3. The van der Waals surface area contributed by atoms with Gasteiger partial charge in [0, 0.05) is 0 Å². The summed E-state index contributed by atoms with van der Waals surface area (Å²) in [5.74, 6) is -9.09. The third kappa shape index (κ3) is 6.11. The van der Waals surface area contributed by atoms with Crippen LogP contribution in [0.3, 0.4) is 0 Å². The molecule has 0 aromatic rings. The Morgan fingerprint density at radius 2 is 1.36 bits per heavy atom. The van der Waals surface area contributed by atoms with Crippen LogP contribution in [0.25, 0.3) is 0 Å². The van der Waals surface area contributed by atoms with Gasteiger partial charge in [-0.3, -0.25) is 9.59 Å². The lowest BCUT2D eigenvalue weighted by Gasteiger charge is -2.39. The van der Waals surface area contributed by atoms with E-state index < -0.39 is 63.2 Å². The highest BCUT2D eigenvalue weighted by Gasteiger charge is 2.75. The number of ether oxygens (including phenoxy) is 2. The molecule has 0 aliphatic heterocycles. The van der Waals surface area contributed by atoms with Crippen molar-refractivity contribution in [1.82, 2.24) is 0 Å². The Morgan fingerprint density at radius 3 is 1.76 bits per heavy atom. The maximum absolute atomic E-state index is 13.5. The zero-order valence-corrected chi connectivity index (χ0v) is 18.6. The number of halogens is 6. The molecule has 0 heterocycles. The monoisotopic (exact) mass is 511 g/mol. The molecule has 0 amide bonds. The first-order valence-corrected chi connectivity index (χ1v) is 12.1. The number of alkyl halides is 6. The summed E-state index contributed by atoms with van der Waals surface area (Å²) in [5.41, 5.74) is -6.36. The van der Waals surface area contributed by atoms with Gasteiger partial charge >= 0.3 is 29.9 Å². The standard InChI is InChI=1S/C19H26F6O7S/c1-2-16(9-5-6-10-16)31-14(26)12-7-3-4-8-13(12)15(27)32-17(18(20,21)22,19(23,24)25)11-33(28,29)30/h12-13H,2-11H2,1H3,(H,28,29,30)/p-1. The van der Waals surface area contributed by atoms with E-state index in [9.17, 15) is 48.9 Å². The Bertz CT molecular complexity index is 817. The van der Waals surface area contributed by atoms with E-state index in [4.69, 9.17) is 4.74 Å². The lowest BCUT2D eigenvalue weighted by Crippen LogP contribution is -2.64. The van der Waals surface area contributed by atoms with Crippen molar-refractivity contribution in [2.75, 3.05) is 5.75 Å². The highest BCUT2D eigenvalue weighted by molar-refractivity contribution is 7.85. The van der Waals surface area contributed by atoms with Crippen molar-refractivity contribution in [3.8, 4) is 0 Å². The van der Waals surface area contributed by atoms with Gasteiger partial charge in [0.1, 0.15) is 5.60 Å². The molecule has 2 aliphatic rings. The molecule has 0 N–H and O–H groups in total. The first kappa shape index (κ1) is 27.7. The average molecular weight is 511 g/mol. The highest BCUT2D eigenvalue weighted by atomic mass is 32.2. The predicted molar refractivity (Wildman–Crippen MR) is 98.5 cm³/mol. The number of carbonyl (C=O) groups excluding carboxylic acids is 2. The summed E-state index contributed by atoms with van der Waals surface area (Å²) >= 11 is 0. The quantitative estimate of drug-likeness (QED) is 0.289. The summed E-state index contributed by atoms with van der Waals surface area (Å²) in [6.45, 7) is 1.77. The third-order valence-electron chi connectivity index (χ3n) is 6.42. The molecule has 0 spiro atoms. The van der Waals surface area contributed by atoms with Gasteiger partial charge in [-0.2, -0.15) is 26.3 Å². The molecule has 2 aliphatic carbocycles. The molecule has 192 valence electrons. The molecule has 2 atom stereocenters. The van der Waals surface area contributed by atoms with E-state index in [1.165, 1.54) is 0 Å². The van der Waals surface area contributed by atoms with Gasteiger partial charge in [-0.25, -0.2) is 8.42 Å². The Morgan fingerprint density at radius 1 is 0.909 bits per heavy atom. The minimum Gasteiger partial charge on any atom is -0.748 e. The predicted octanol–water partition coefficient (Wildman–Crippen LogP) is 4.01. The van der Waals surface area contributed by atoms with Crippen LogP contribution in [0.2, 0.25) is 0 Å². The van der Waals surface area contributed by atoms with Gasteiger partial charge < -0.3 is 14.0 Å². The Hall–Kier alpha value is -1.57. The van der Waals surface area contributed by atoms with E-state index in [1.54, 1.807) is 6.92 Å². The van der Waals surface area contributed by atoms with Gasteiger partial charge in [0.25, 0.3) is 0 Å². The van der Waals surface area contributed by atoms with Crippen LogP contribution in [0.4, 0.5) is 26.3 Å². The Kier molecular flexibility index (Phi) is 8.04. The van der Waals surface area contributed by atoms with E-state index in [1.807, 2.05) is 0 Å². The molecular formula is C19H25F6O7S-. The highest BCUT2D eigenvalue weighted by Crippen LogP contribution is 2.48. The maximum Gasteiger partial charge on any atom is 0.438 e. The van der Waals surface area contributed by atoms with Gasteiger partial charge in [-0.1, -0.05) is 19.8 Å². The second kappa shape index (κ2) is 9.59. The smallest absolute Gasteiger partial charge is 0.438 e. The topological polar surface area (TPSA) is 110 Å². The largest absolute Gasteiger partial charge is 0.748 e. The first-order valence-electron chi connectivity index (χ1n) is 10.5. The van der Waals surface area contributed by atoms with E-state index in [2.05, 4.69) is 4.74 Å². The van der Waals surface area contributed by atoms with Crippen LogP contribution < -0.4 is 0 Å². The average Bonchev–Trinajstić information content (AvgIpc) is 3.13. The molecule has 14 heteroatoms. The van der Waals surface area contributed by atoms with E-state index in [-0.39, 0.29) is 19.3 Å². The molecule has 0 saturated heterocycles. The summed E-state index contributed by atoms with van der Waals surface area (Å²) in [6.07, 6.45) is -9.51. The summed E-state index contributed by atoms with van der Waals surface area (Å²) < 4.78 is 123. The van der Waals surface area contributed by atoms with E-state index in [0.29, 0.717) is 25.7 Å². The van der Waals surface area contributed by atoms with Crippen molar-refractivity contribution in [1.29, 1.82) is 0 Å². The van der Waals surface area contributed by atoms with Crippen LogP contribution in [0, 0.1) is 11.8 Å². The lowest BCUT2D eigenvalue weighted by atomic mass is 9.79. The van der Waals surface area contributed by atoms with E-state index >= 15 is 0 Å². The van der Waals surface area contributed by atoms with Crippen LogP contribution in [-0.2, 0) is 29.2 Å². The lowest BCUT2D eigenvalue weighted by molar-refractivity contribution is -0.362. The summed E-state index contributed by atoms with van der Waals surface area (Å²) in [7, 11) is -6.14. The number of carbonyl (C=O) groups is 2. The number of hydrogen-bond acceptors (Lipinski definition) is 7. The van der Waals surface area contributed by atoms with Crippen LogP contribution in [-0.4, -0.2) is 54.2 Å². The van der Waals surface area contributed by atoms with Gasteiger partial charge in [-0.15, -0.1) is 0 Å². The zero-order valence-electron chi connectivity index (χ0n) is 17.8. The molecule has 7 nitrogen and oxygen atoms in total. The normalized spacial score (nSPS) is 24.4. The number of esters is 2. The van der Waals surface area contributed by atoms with Crippen LogP contribution in [0.15, 0.2) is 0 Å². The van der Waals surface area contributed by atoms with E-state index in [0.717, 1.165) is 12.8 Å². The maximum atomic E-state index is 13.5. The summed E-state index contributed by atoms with van der Waals surface area (Å²) in [4.78, 5) is 25.4. The van der Waals surface area contributed by atoms with Crippen molar-refractivity contribution in [2.45, 2.75) is 88.3 Å². The molecular weight excluding hydrogens is 486 g/mol. The number of rotatable bonds is 7. The summed E-state index contributed by atoms with van der Waals surface area (Å²) in [5, 5.41) is 0. The Labute approximate surface area is 186 Å². The second-order valence-electron chi connectivity index (χ2n) is 8.61. The first-order chi connectivity index (χ1) is 15.0. The molecule has 2 fully saturated rings. The van der Waals surface area contributed by atoms with Crippen molar-refractivity contribution >= 4 is 22.1 Å². The van der Waals surface area contributed by atoms with Crippen molar-refractivity contribution in [3.05, 3.63) is 0 Å². The second-order valence-corrected chi connectivity index (χ2v) is 10.0. The fraction of sp³-hybridized carbons (Fsp3) is 0.895. The molecule has 33 heavy (non-hydrogen) atoms.